The minimum Gasteiger partial charge on any atom is -0.544 e. The van der Waals surface area contributed by atoms with Crippen LogP contribution in [0, 0.1) is 24.2 Å². The highest BCUT2D eigenvalue weighted by Crippen LogP contribution is 2.59. The zero-order valence-electron chi connectivity index (χ0n) is 22.8. The second-order valence-electron chi connectivity index (χ2n) is 12.1. The van der Waals surface area contributed by atoms with E-state index >= 15 is 0 Å². The number of methoxy groups -OCH3 is 1. The minimum atomic E-state index is -1.89. The quantitative estimate of drug-likeness (QED) is 0.324. The maximum Gasteiger partial charge on any atom is 0.242 e. The van der Waals surface area contributed by atoms with E-state index in [4.69, 9.17) is 18.6 Å². The van der Waals surface area contributed by atoms with Crippen molar-refractivity contribution in [2.75, 3.05) is 13.7 Å². The first-order valence-electron chi connectivity index (χ1n) is 12.5. The Morgan fingerprint density at radius 2 is 1.85 bits per heavy atom. The molecule has 190 valence electrons. The van der Waals surface area contributed by atoms with Gasteiger partial charge in [-0.25, -0.2) is 0 Å². The van der Waals surface area contributed by atoms with Crippen LogP contribution in [-0.2, 0) is 13.9 Å². The SMILES string of the molecule is C=C(O[Si](C)(C)C)c1cc([C@H]2[C@@H](C(C)C)CC[C@@]2(C)[C@@H]2COC(C)(C)O2)c(C)c(=O)c(OC)c1. The Bertz CT molecular complexity index is 993. The molecule has 0 bridgehead atoms. The summed E-state index contributed by atoms with van der Waals surface area (Å²) in [6.45, 7) is 24.0. The number of rotatable bonds is 7. The van der Waals surface area contributed by atoms with E-state index in [2.05, 4.69) is 53.1 Å². The molecule has 0 amide bonds. The van der Waals surface area contributed by atoms with Gasteiger partial charge < -0.3 is 18.6 Å². The van der Waals surface area contributed by atoms with Crippen LogP contribution in [-0.4, -0.2) is 33.9 Å². The first-order chi connectivity index (χ1) is 15.6. The van der Waals surface area contributed by atoms with Gasteiger partial charge in [0.05, 0.1) is 19.8 Å². The highest BCUT2D eigenvalue weighted by molar-refractivity contribution is 6.70. The van der Waals surface area contributed by atoms with Gasteiger partial charge in [-0.2, -0.15) is 0 Å². The number of hydrogen-bond donors (Lipinski definition) is 0. The molecule has 1 aliphatic heterocycles. The maximum atomic E-state index is 13.5. The standard InChI is InChI=1S/C28H44O5Si/c1-17(2)21-12-13-28(7,24-16-31-27(5,6)32-24)25(21)22-14-20(19(4)33-34(9,10)11)15-23(30-8)26(29)18(22)3/h14-15,17,21,24-25H,4,12-13,16H2,1-3,5-11H3/t21-,24+,25-,28+/m1/s1. The summed E-state index contributed by atoms with van der Waals surface area (Å²) in [5.41, 5.74) is 2.34. The Morgan fingerprint density at radius 1 is 1.21 bits per heavy atom. The third kappa shape index (κ3) is 5.29. The predicted molar refractivity (Wildman–Crippen MR) is 141 cm³/mol. The summed E-state index contributed by atoms with van der Waals surface area (Å²) < 4.78 is 24.2. The molecule has 1 aromatic rings. The average Bonchev–Trinajstić information content (AvgIpc) is 3.23. The third-order valence-electron chi connectivity index (χ3n) is 7.66. The van der Waals surface area contributed by atoms with Gasteiger partial charge in [-0.1, -0.05) is 27.4 Å². The summed E-state index contributed by atoms with van der Waals surface area (Å²) in [5, 5.41) is 0. The summed E-state index contributed by atoms with van der Waals surface area (Å²) in [4.78, 5) is 13.5. The van der Waals surface area contributed by atoms with Gasteiger partial charge in [0.25, 0.3) is 0 Å². The van der Waals surface area contributed by atoms with E-state index in [0.29, 0.717) is 30.0 Å². The van der Waals surface area contributed by atoms with Crippen molar-refractivity contribution in [2.24, 2.45) is 17.3 Å². The molecule has 1 saturated heterocycles. The fraction of sp³-hybridized carbons (Fsp3) is 0.679. The van der Waals surface area contributed by atoms with E-state index in [0.717, 1.165) is 29.5 Å². The van der Waals surface area contributed by atoms with E-state index < -0.39 is 14.1 Å². The molecule has 34 heavy (non-hydrogen) atoms. The van der Waals surface area contributed by atoms with Crippen LogP contribution in [0.4, 0.5) is 0 Å². The summed E-state index contributed by atoms with van der Waals surface area (Å²) in [7, 11) is -0.340. The zero-order valence-corrected chi connectivity index (χ0v) is 23.8. The van der Waals surface area contributed by atoms with Gasteiger partial charge in [0.15, 0.2) is 11.5 Å². The summed E-state index contributed by atoms with van der Waals surface area (Å²) >= 11 is 0. The van der Waals surface area contributed by atoms with E-state index in [9.17, 15) is 4.79 Å². The van der Waals surface area contributed by atoms with E-state index in [1.807, 2.05) is 20.8 Å². The van der Waals surface area contributed by atoms with Gasteiger partial charge in [-0.15, -0.1) is 0 Å². The second-order valence-corrected chi connectivity index (χ2v) is 16.5. The van der Waals surface area contributed by atoms with Crippen molar-refractivity contribution in [3.05, 3.63) is 45.6 Å². The highest BCUT2D eigenvalue weighted by atomic mass is 28.4. The monoisotopic (exact) mass is 488 g/mol. The van der Waals surface area contributed by atoms with Crippen molar-refractivity contribution in [3.63, 3.8) is 0 Å². The fourth-order valence-corrected chi connectivity index (χ4v) is 6.73. The Balaban J connectivity index is 2.23. The van der Waals surface area contributed by atoms with Crippen LogP contribution >= 0.6 is 0 Å². The van der Waals surface area contributed by atoms with E-state index in [1.165, 1.54) is 0 Å². The minimum absolute atomic E-state index is 0.0388. The molecular weight excluding hydrogens is 444 g/mol. The summed E-state index contributed by atoms with van der Waals surface area (Å²) in [5.74, 6) is 1.34. The predicted octanol–water partition coefficient (Wildman–Crippen LogP) is 6.49. The van der Waals surface area contributed by atoms with Crippen LogP contribution in [0.2, 0.25) is 19.6 Å². The van der Waals surface area contributed by atoms with Crippen molar-refractivity contribution >= 4 is 14.1 Å². The third-order valence-corrected chi connectivity index (χ3v) is 8.52. The lowest BCUT2D eigenvalue weighted by Gasteiger charge is -2.40. The van der Waals surface area contributed by atoms with Crippen LogP contribution in [0.5, 0.6) is 5.75 Å². The molecule has 0 radical (unpaired) electrons. The molecule has 1 saturated carbocycles. The molecule has 1 aliphatic carbocycles. The first kappa shape index (κ1) is 27.0. The Labute approximate surface area is 207 Å². The van der Waals surface area contributed by atoms with Gasteiger partial charge in [0.2, 0.25) is 13.7 Å². The number of ether oxygens (including phenoxy) is 3. The molecule has 1 aromatic carbocycles. The van der Waals surface area contributed by atoms with Gasteiger partial charge in [-0.3, -0.25) is 4.79 Å². The van der Waals surface area contributed by atoms with Gasteiger partial charge in [-0.05, 0) is 88.7 Å². The van der Waals surface area contributed by atoms with Crippen LogP contribution in [0.15, 0.2) is 23.5 Å². The van der Waals surface area contributed by atoms with Crippen molar-refractivity contribution in [1.29, 1.82) is 0 Å². The Kier molecular flexibility index (Phi) is 7.48. The van der Waals surface area contributed by atoms with Gasteiger partial charge in [0.1, 0.15) is 5.76 Å². The van der Waals surface area contributed by atoms with Gasteiger partial charge >= 0.3 is 0 Å². The van der Waals surface area contributed by atoms with Crippen molar-refractivity contribution in [1.82, 2.24) is 0 Å². The summed E-state index contributed by atoms with van der Waals surface area (Å²) in [6, 6.07) is 3.92. The second kappa shape index (κ2) is 9.44. The molecule has 0 N–H and O–H groups in total. The first-order valence-corrected chi connectivity index (χ1v) is 15.9. The largest absolute Gasteiger partial charge is 0.544 e. The lowest BCUT2D eigenvalue weighted by molar-refractivity contribution is -0.154. The Hall–Kier alpha value is -1.63. The molecule has 2 fully saturated rings. The van der Waals surface area contributed by atoms with Gasteiger partial charge in [0, 0.05) is 16.5 Å². The van der Waals surface area contributed by atoms with Crippen molar-refractivity contribution in [2.45, 2.75) is 91.8 Å². The molecule has 4 atom stereocenters. The summed E-state index contributed by atoms with van der Waals surface area (Å²) in [6.07, 6.45) is 2.07. The molecule has 1 heterocycles. The highest BCUT2D eigenvalue weighted by Gasteiger charge is 2.55. The van der Waals surface area contributed by atoms with E-state index in [1.54, 1.807) is 13.2 Å². The smallest absolute Gasteiger partial charge is 0.242 e. The van der Waals surface area contributed by atoms with Crippen LogP contribution in [0.25, 0.3) is 5.76 Å². The molecule has 3 rings (SSSR count). The maximum absolute atomic E-state index is 13.5. The van der Waals surface area contributed by atoms with Crippen LogP contribution in [0.1, 0.15) is 70.1 Å². The molecule has 0 unspecified atom stereocenters. The molecular formula is C28H44O5Si. The Morgan fingerprint density at radius 3 is 2.35 bits per heavy atom. The normalized spacial score (nSPS) is 28.9. The number of hydrogen-bond acceptors (Lipinski definition) is 5. The zero-order chi connectivity index (χ0) is 25.6. The van der Waals surface area contributed by atoms with Crippen LogP contribution < -0.4 is 10.2 Å². The molecule has 5 nitrogen and oxygen atoms in total. The fourth-order valence-electron chi connectivity index (χ4n) is 5.87. The lowest BCUT2D eigenvalue weighted by Crippen LogP contribution is -2.40. The molecule has 2 aliphatic rings. The topological polar surface area (TPSA) is 54.0 Å². The van der Waals surface area contributed by atoms with E-state index in [-0.39, 0.29) is 22.9 Å². The van der Waals surface area contributed by atoms with Crippen molar-refractivity contribution < 1.29 is 18.6 Å². The molecule has 6 heteroatoms. The van der Waals surface area contributed by atoms with Crippen molar-refractivity contribution in [3.8, 4) is 5.75 Å². The molecule has 0 aromatic heterocycles. The lowest BCUT2D eigenvalue weighted by atomic mass is 9.67. The molecule has 0 spiro atoms. The van der Waals surface area contributed by atoms with Crippen LogP contribution in [0.3, 0.4) is 0 Å². The average molecular weight is 489 g/mol.